The Labute approximate surface area is 210 Å². The summed E-state index contributed by atoms with van der Waals surface area (Å²) in [6.45, 7) is 4.24. The number of carbonyl (C=O) groups excluding carboxylic acids is 3. The molecule has 1 saturated carbocycles. The summed E-state index contributed by atoms with van der Waals surface area (Å²) >= 11 is 0. The second-order valence-electron chi connectivity index (χ2n) is 10.5. The van der Waals surface area contributed by atoms with E-state index in [1.54, 1.807) is 25.2 Å². The number of rotatable bonds is 6. The summed E-state index contributed by atoms with van der Waals surface area (Å²) in [5.41, 5.74) is 2.69. The predicted molar refractivity (Wildman–Crippen MR) is 134 cm³/mol. The highest BCUT2D eigenvalue weighted by Gasteiger charge is 2.65. The molecule has 2 aromatic rings. The van der Waals surface area contributed by atoms with E-state index in [0.29, 0.717) is 17.4 Å². The van der Waals surface area contributed by atoms with Gasteiger partial charge in [-0.1, -0.05) is 44.2 Å². The summed E-state index contributed by atoms with van der Waals surface area (Å²) in [6.07, 6.45) is 4.99. The third-order valence-electron chi connectivity index (χ3n) is 8.44. The SMILES string of the molecule is COc1ccc(C2C(N3C(=O)C4C5C=CC(C5)C4C3=O)C(=O)N2c2ccc(C(C)C)cc2)cc1OC. The summed E-state index contributed by atoms with van der Waals surface area (Å²) in [5.74, 6) is 0.310. The van der Waals surface area contributed by atoms with E-state index in [-0.39, 0.29) is 41.4 Å². The van der Waals surface area contributed by atoms with E-state index in [1.807, 2.05) is 36.4 Å². The summed E-state index contributed by atoms with van der Waals surface area (Å²) in [5, 5.41) is 0. The molecule has 4 aliphatic rings. The van der Waals surface area contributed by atoms with Crippen LogP contribution in [0.2, 0.25) is 0 Å². The minimum absolute atomic E-state index is 0.0934. The van der Waals surface area contributed by atoms with Crippen LogP contribution in [0.1, 0.15) is 43.4 Å². The summed E-state index contributed by atoms with van der Waals surface area (Å²) in [6, 6.07) is 12.0. The molecule has 7 nitrogen and oxygen atoms in total. The zero-order valence-corrected chi connectivity index (χ0v) is 20.9. The van der Waals surface area contributed by atoms with Crippen LogP contribution in [-0.2, 0) is 14.4 Å². The molecule has 6 atom stereocenters. The van der Waals surface area contributed by atoms with Gasteiger partial charge < -0.3 is 14.4 Å². The quantitative estimate of drug-likeness (QED) is 0.349. The smallest absolute Gasteiger partial charge is 0.253 e. The van der Waals surface area contributed by atoms with Gasteiger partial charge in [0.1, 0.15) is 6.04 Å². The summed E-state index contributed by atoms with van der Waals surface area (Å²) in [4.78, 5) is 43.9. The number of hydrogen-bond donors (Lipinski definition) is 0. The summed E-state index contributed by atoms with van der Waals surface area (Å²) < 4.78 is 10.9. The number of benzene rings is 2. The molecular formula is C29H30N2O5. The molecule has 7 heteroatoms. The fourth-order valence-electron chi connectivity index (χ4n) is 6.60. The average molecular weight is 487 g/mol. The normalized spacial score (nSPS) is 30.3. The first-order valence-corrected chi connectivity index (χ1v) is 12.6. The van der Waals surface area contributed by atoms with Crippen LogP contribution in [0, 0.1) is 23.7 Å². The number of carbonyl (C=O) groups is 3. The van der Waals surface area contributed by atoms with Crippen molar-refractivity contribution in [2.24, 2.45) is 23.7 Å². The van der Waals surface area contributed by atoms with Crippen molar-refractivity contribution < 1.29 is 23.9 Å². The monoisotopic (exact) mass is 486 g/mol. The molecule has 36 heavy (non-hydrogen) atoms. The fourth-order valence-corrected chi connectivity index (χ4v) is 6.60. The number of ether oxygens (including phenoxy) is 2. The number of amides is 3. The van der Waals surface area contributed by atoms with Crippen molar-refractivity contribution in [2.45, 2.75) is 38.3 Å². The largest absolute Gasteiger partial charge is 0.493 e. The predicted octanol–water partition coefficient (Wildman–Crippen LogP) is 4.09. The van der Waals surface area contributed by atoms with Gasteiger partial charge in [-0.15, -0.1) is 0 Å². The Morgan fingerprint density at radius 3 is 1.92 bits per heavy atom. The number of methoxy groups -OCH3 is 2. The van der Waals surface area contributed by atoms with Gasteiger partial charge in [-0.25, -0.2) is 0 Å². The number of imide groups is 1. The van der Waals surface area contributed by atoms with Gasteiger partial charge in [0.15, 0.2) is 11.5 Å². The molecule has 6 rings (SSSR count). The fraction of sp³-hybridized carbons (Fsp3) is 0.414. The molecule has 2 aromatic carbocycles. The molecule has 3 amide bonds. The van der Waals surface area contributed by atoms with Crippen molar-refractivity contribution >= 4 is 23.4 Å². The van der Waals surface area contributed by atoms with E-state index in [2.05, 4.69) is 26.0 Å². The molecule has 0 radical (unpaired) electrons. The molecule has 6 unspecified atom stereocenters. The van der Waals surface area contributed by atoms with Crippen LogP contribution >= 0.6 is 0 Å². The van der Waals surface area contributed by atoms with Gasteiger partial charge >= 0.3 is 0 Å². The van der Waals surface area contributed by atoms with E-state index < -0.39 is 12.1 Å². The number of nitrogens with zero attached hydrogens (tertiary/aromatic N) is 2. The van der Waals surface area contributed by atoms with Crippen LogP contribution < -0.4 is 14.4 Å². The Hall–Kier alpha value is -3.61. The van der Waals surface area contributed by atoms with Crippen molar-refractivity contribution in [3.8, 4) is 11.5 Å². The highest BCUT2D eigenvalue weighted by Crippen LogP contribution is 2.55. The van der Waals surface area contributed by atoms with Crippen molar-refractivity contribution in [1.82, 2.24) is 4.90 Å². The van der Waals surface area contributed by atoms with E-state index in [0.717, 1.165) is 17.7 Å². The number of fused-ring (bicyclic) bond motifs is 5. The zero-order valence-electron chi connectivity index (χ0n) is 20.9. The zero-order chi connectivity index (χ0) is 25.3. The van der Waals surface area contributed by atoms with Crippen LogP contribution in [0.15, 0.2) is 54.6 Å². The number of β-lactam (4-membered cyclic amide) rings is 1. The second kappa shape index (κ2) is 8.22. The number of anilines is 1. The molecule has 0 N–H and O–H groups in total. The van der Waals surface area contributed by atoms with E-state index in [1.165, 1.54) is 10.5 Å². The first-order chi connectivity index (χ1) is 17.3. The minimum Gasteiger partial charge on any atom is -0.493 e. The third kappa shape index (κ3) is 3.08. The maximum absolute atomic E-state index is 13.7. The molecule has 186 valence electrons. The Kier molecular flexibility index (Phi) is 5.21. The van der Waals surface area contributed by atoms with Crippen LogP contribution in [0.25, 0.3) is 0 Å². The van der Waals surface area contributed by atoms with Gasteiger partial charge in [0.2, 0.25) is 11.8 Å². The first-order valence-electron chi connectivity index (χ1n) is 12.6. The van der Waals surface area contributed by atoms with Crippen molar-refractivity contribution in [3.63, 3.8) is 0 Å². The first kappa shape index (κ1) is 22.8. The topological polar surface area (TPSA) is 76.2 Å². The van der Waals surface area contributed by atoms with Gasteiger partial charge in [-0.05, 0) is 59.6 Å². The standard InChI is InChI=1S/C29H30N2O5/c1-15(2)16-7-10-20(11-8-16)30-25(19-9-12-21(35-3)22(14-19)36-4)26(29(30)34)31-27(32)23-17-5-6-18(13-17)24(23)28(31)33/h5-12,14-15,17-18,23-26H,13H2,1-4H3. The van der Waals surface area contributed by atoms with Crippen LogP contribution in [0.3, 0.4) is 0 Å². The molecule has 2 aliphatic carbocycles. The lowest BCUT2D eigenvalue weighted by Gasteiger charge is -2.50. The number of allylic oxidation sites excluding steroid dienone is 2. The van der Waals surface area contributed by atoms with Gasteiger partial charge in [-0.2, -0.15) is 0 Å². The molecule has 2 aliphatic heterocycles. The van der Waals surface area contributed by atoms with Crippen molar-refractivity contribution in [2.75, 3.05) is 19.1 Å². The van der Waals surface area contributed by atoms with Crippen molar-refractivity contribution in [1.29, 1.82) is 0 Å². The van der Waals surface area contributed by atoms with Crippen LogP contribution in [0.4, 0.5) is 5.69 Å². The summed E-state index contributed by atoms with van der Waals surface area (Å²) in [7, 11) is 3.13. The lowest BCUT2D eigenvalue weighted by molar-refractivity contribution is -0.153. The van der Waals surface area contributed by atoms with Gasteiger partial charge in [0.05, 0.1) is 32.1 Å². The molecule has 0 aromatic heterocycles. The number of likely N-dealkylation sites (tertiary alicyclic amines) is 1. The third-order valence-corrected chi connectivity index (χ3v) is 8.44. The maximum atomic E-state index is 13.7. The maximum Gasteiger partial charge on any atom is 0.253 e. The highest BCUT2D eigenvalue weighted by atomic mass is 16.5. The lowest BCUT2D eigenvalue weighted by Crippen LogP contribution is -2.67. The van der Waals surface area contributed by atoms with E-state index in [4.69, 9.17) is 9.47 Å². The van der Waals surface area contributed by atoms with Crippen molar-refractivity contribution in [3.05, 3.63) is 65.7 Å². The molecule has 3 fully saturated rings. The Morgan fingerprint density at radius 1 is 0.750 bits per heavy atom. The highest BCUT2D eigenvalue weighted by molar-refractivity contribution is 6.15. The minimum atomic E-state index is -0.877. The molecule has 2 bridgehead atoms. The van der Waals surface area contributed by atoms with E-state index in [9.17, 15) is 14.4 Å². The van der Waals surface area contributed by atoms with Gasteiger partial charge in [0.25, 0.3) is 5.91 Å². The lowest BCUT2D eigenvalue weighted by atomic mass is 9.85. The molecule has 2 saturated heterocycles. The Balaban J connectivity index is 1.40. The van der Waals surface area contributed by atoms with Gasteiger partial charge in [-0.3, -0.25) is 19.3 Å². The Morgan fingerprint density at radius 2 is 1.36 bits per heavy atom. The number of hydrogen-bond acceptors (Lipinski definition) is 5. The van der Waals surface area contributed by atoms with Crippen LogP contribution in [0.5, 0.6) is 11.5 Å². The molecule has 2 heterocycles. The Bertz CT molecular complexity index is 1250. The average Bonchev–Trinajstić information content (AvgIpc) is 3.57. The van der Waals surface area contributed by atoms with Crippen LogP contribution in [-0.4, -0.2) is 42.9 Å². The van der Waals surface area contributed by atoms with E-state index >= 15 is 0 Å². The second-order valence-corrected chi connectivity index (χ2v) is 10.5. The molecule has 0 spiro atoms. The molecular weight excluding hydrogens is 456 g/mol. The van der Waals surface area contributed by atoms with Gasteiger partial charge in [0, 0.05) is 5.69 Å².